The summed E-state index contributed by atoms with van der Waals surface area (Å²) in [7, 11) is 1.62. The Balaban J connectivity index is 0.00000180. The molecule has 1 amide bonds. The van der Waals surface area contributed by atoms with Crippen LogP contribution in [0.25, 0.3) is 0 Å². The summed E-state index contributed by atoms with van der Waals surface area (Å²) < 4.78 is 6.21. The molecule has 0 radical (unpaired) electrons. The quantitative estimate of drug-likeness (QED) is 0.873. The van der Waals surface area contributed by atoms with Crippen molar-refractivity contribution in [1.29, 1.82) is 0 Å². The van der Waals surface area contributed by atoms with Crippen LogP contribution in [0.1, 0.15) is 12.0 Å². The van der Waals surface area contributed by atoms with Gasteiger partial charge in [0.05, 0.1) is 13.5 Å². The largest absolute Gasteiger partial charge is 0.496 e. The molecule has 19 heavy (non-hydrogen) atoms. The van der Waals surface area contributed by atoms with Crippen LogP contribution in [0.5, 0.6) is 5.75 Å². The Morgan fingerprint density at radius 1 is 1.58 bits per heavy atom. The van der Waals surface area contributed by atoms with Crippen molar-refractivity contribution in [2.24, 2.45) is 0 Å². The number of nitrogens with one attached hydrogen (secondary N) is 2. The van der Waals surface area contributed by atoms with Crippen LogP contribution in [0.3, 0.4) is 0 Å². The second-order valence-corrected chi connectivity index (χ2v) is 5.31. The third-order valence-electron chi connectivity index (χ3n) is 3.02. The van der Waals surface area contributed by atoms with E-state index in [2.05, 4.69) is 26.6 Å². The Hall–Kier alpha value is -0.780. The second-order valence-electron chi connectivity index (χ2n) is 4.39. The van der Waals surface area contributed by atoms with Crippen LogP contribution in [0.2, 0.25) is 0 Å². The summed E-state index contributed by atoms with van der Waals surface area (Å²) >= 11 is 3.41. The molecule has 1 aliphatic heterocycles. The van der Waals surface area contributed by atoms with Crippen LogP contribution < -0.4 is 15.4 Å². The summed E-state index contributed by atoms with van der Waals surface area (Å²) in [5.41, 5.74) is 0.898. The lowest BCUT2D eigenvalue weighted by atomic mass is 10.1. The molecule has 6 heteroatoms. The number of carbonyl (C=O) groups is 1. The maximum Gasteiger partial charge on any atom is 0.224 e. The molecule has 0 bridgehead atoms. The molecule has 0 spiro atoms. The molecule has 1 fully saturated rings. The number of rotatable bonds is 4. The molecule has 2 rings (SSSR count). The lowest BCUT2D eigenvalue weighted by Crippen LogP contribution is -2.37. The molecule has 1 heterocycles. The van der Waals surface area contributed by atoms with Gasteiger partial charge in [0.2, 0.25) is 5.91 Å². The van der Waals surface area contributed by atoms with Gasteiger partial charge in [0.25, 0.3) is 0 Å². The van der Waals surface area contributed by atoms with Crippen LogP contribution >= 0.6 is 28.3 Å². The van der Waals surface area contributed by atoms with Gasteiger partial charge < -0.3 is 15.4 Å². The average Bonchev–Trinajstić information content (AvgIpc) is 2.82. The van der Waals surface area contributed by atoms with Crippen molar-refractivity contribution in [1.82, 2.24) is 10.6 Å². The fourth-order valence-electron chi connectivity index (χ4n) is 2.11. The average molecular weight is 350 g/mol. The predicted octanol–water partition coefficient (Wildman–Crippen LogP) is 1.90. The van der Waals surface area contributed by atoms with Crippen LogP contribution in [0.15, 0.2) is 22.7 Å². The van der Waals surface area contributed by atoms with Gasteiger partial charge in [-0.15, -0.1) is 12.4 Å². The van der Waals surface area contributed by atoms with Gasteiger partial charge in [-0.1, -0.05) is 15.9 Å². The zero-order chi connectivity index (χ0) is 13.0. The number of hydrogen-bond acceptors (Lipinski definition) is 3. The first kappa shape index (κ1) is 16.3. The fraction of sp³-hybridized carbons (Fsp3) is 0.462. The number of carbonyl (C=O) groups excluding carboxylic acids is 1. The summed E-state index contributed by atoms with van der Waals surface area (Å²) in [6.45, 7) is 1.84. The molecule has 1 aromatic carbocycles. The molecule has 0 saturated carbocycles. The van der Waals surface area contributed by atoms with Gasteiger partial charge in [-0.25, -0.2) is 0 Å². The summed E-state index contributed by atoms with van der Waals surface area (Å²) in [4.78, 5) is 11.9. The highest BCUT2D eigenvalue weighted by molar-refractivity contribution is 9.10. The maximum atomic E-state index is 11.9. The number of methoxy groups -OCH3 is 1. The van der Waals surface area contributed by atoms with Crippen LogP contribution in [0, 0.1) is 0 Å². The van der Waals surface area contributed by atoms with Crippen LogP contribution in [-0.4, -0.2) is 32.1 Å². The molecule has 1 aliphatic rings. The van der Waals surface area contributed by atoms with Gasteiger partial charge in [-0.05, 0) is 31.2 Å². The van der Waals surface area contributed by atoms with E-state index >= 15 is 0 Å². The van der Waals surface area contributed by atoms with Crippen LogP contribution in [-0.2, 0) is 11.2 Å². The molecule has 0 aromatic heterocycles. The maximum absolute atomic E-state index is 11.9. The highest BCUT2D eigenvalue weighted by Crippen LogP contribution is 2.23. The predicted molar refractivity (Wildman–Crippen MR) is 81.1 cm³/mol. The normalized spacial score (nSPS) is 17.7. The smallest absolute Gasteiger partial charge is 0.224 e. The van der Waals surface area contributed by atoms with Gasteiger partial charge in [0.1, 0.15) is 5.75 Å². The molecular formula is C13H18BrClN2O2. The van der Waals surface area contributed by atoms with Crippen molar-refractivity contribution < 1.29 is 9.53 Å². The number of amides is 1. The number of benzene rings is 1. The molecule has 1 atom stereocenters. The highest BCUT2D eigenvalue weighted by Gasteiger charge is 2.17. The van der Waals surface area contributed by atoms with E-state index in [0.29, 0.717) is 6.42 Å². The van der Waals surface area contributed by atoms with Gasteiger partial charge in [-0.3, -0.25) is 4.79 Å². The summed E-state index contributed by atoms with van der Waals surface area (Å²) in [6.07, 6.45) is 1.35. The van der Waals surface area contributed by atoms with E-state index in [1.165, 1.54) is 0 Å². The monoisotopic (exact) mass is 348 g/mol. The minimum atomic E-state index is 0. The Bertz CT molecular complexity index is 437. The lowest BCUT2D eigenvalue weighted by Gasteiger charge is -2.13. The van der Waals surface area contributed by atoms with E-state index in [1.807, 2.05) is 18.2 Å². The van der Waals surface area contributed by atoms with Gasteiger partial charge >= 0.3 is 0 Å². The summed E-state index contributed by atoms with van der Waals surface area (Å²) in [5.74, 6) is 0.790. The van der Waals surface area contributed by atoms with E-state index in [-0.39, 0.29) is 24.4 Å². The Kier molecular flexibility index (Phi) is 6.62. The Morgan fingerprint density at radius 3 is 3.00 bits per heavy atom. The van der Waals surface area contributed by atoms with E-state index in [1.54, 1.807) is 7.11 Å². The SMILES string of the molecule is COc1ccc(Br)cc1CC(=O)NC1CCNC1.Cl. The van der Waals surface area contributed by atoms with Crippen molar-refractivity contribution in [2.45, 2.75) is 18.9 Å². The van der Waals surface area contributed by atoms with Gasteiger partial charge in [0.15, 0.2) is 0 Å². The molecule has 1 unspecified atom stereocenters. The summed E-state index contributed by atoms with van der Waals surface area (Å²) in [6, 6.07) is 5.95. The summed E-state index contributed by atoms with van der Waals surface area (Å²) in [5, 5.41) is 6.25. The third-order valence-corrected chi connectivity index (χ3v) is 3.51. The van der Waals surface area contributed by atoms with E-state index in [9.17, 15) is 4.79 Å². The Morgan fingerprint density at radius 2 is 2.37 bits per heavy atom. The highest BCUT2D eigenvalue weighted by atomic mass is 79.9. The fourth-order valence-corrected chi connectivity index (χ4v) is 2.52. The first-order valence-electron chi connectivity index (χ1n) is 6.01. The molecule has 2 N–H and O–H groups in total. The molecule has 0 aliphatic carbocycles. The van der Waals surface area contributed by atoms with E-state index in [4.69, 9.17) is 4.74 Å². The molecular weight excluding hydrogens is 332 g/mol. The first-order valence-corrected chi connectivity index (χ1v) is 6.81. The standard InChI is InChI=1S/C13H17BrN2O2.ClH/c1-18-12-3-2-10(14)6-9(12)7-13(17)16-11-4-5-15-8-11;/h2-3,6,11,15H,4-5,7-8H2,1H3,(H,16,17);1H. The third kappa shape index (κ3) is 4.67. The Labute approximate surface area is 127 Å². The lowest BCUT2D eigenvalue weighted by molar-refractivity contribution is -0.121. The zero-order valence-corrected chi connectivity index (χ0v) is 13.1. The first-order chi connectivity index (χ1) is 8.69. The van der Waals surface area contributed by atoms with E-state index < -0.39 is 0 Å². The van der Waals surface area contributed by atoms with Gasteiger partial charge in [0, 0.05) is 22.6 Å². The van der Waals surface area contributed by atoms with Crippen molar-refractivity contribution in [3.63, 3.8) is 0 Å². The topological polar surface area (TPSA) is 50.4 Å². The van der Waals surface area contributed by atoms with Crippen molar-refractivity contribution in [3.8, 4) is 5.75 Å². The number of halogens is 2. The zero-order valence-electron chi connectivity index (χ0n) is 10.7. The van der Waals surface area contributed by atoms with E-state index in [0.717, 1.165) is 35.3 Å². The second kappa shape index (κ2) is 7.72. The van der Waals surface area contributed by atoms with Crippen molar-refractivity contribution in [3.05, 3.63) is 28.2 Å². The molecule has 1 saturated heterocycles. The minimum absolute atomic E-state index is 0. The molecule has 106 valence electrons. The number of hydrogen-bond donors (Lipinski definition) is 2. The molecule has 1 aromatic rings. The number of ether oxygens (including phenoxy) is 1. The molecule has 4 nitrogen and oxygen atoms in total. The van der Waals surface area contributed by atoms with Crippen molar-refractivity contribution in [2.75, 3.05) is 20.2 Å². The van der Waals surface area contributed by atoms with Gasteiger partial charge in [-0.2, -0.15) is 0 Å². The van der Waals surface area contributed by atoms with Crippen molar-refractivity contribution >= 4 is 34.2 Å². The minimum Gasteiger partial charge on any atom is -0.496 e. The van der Waals surface area contributed by atoms with Crippen LogP contribution in [0.4, 0.5) is 0 Å².